The Labute approximate surface area is 114 Å². The smallest absolute Gasteiger partial charge is 0.218 e. The molecule has 0 aliphatic carbocycles. The Balaban J connectivity index is 2.08. The van der Waals surface area contributed by atoms with Crippen LogP contribution in [0, 0.1) is 0 Å². The maximum atomic E-state index is 10.6. The van der Waals surface area contributed by atoms with Crippen LogP contribution in [-0.2, 0) is 4.79 Å². The molecule has 5 heteroatoms. The summed E-state index contributed by atoms with van der Waals surface area (Å²) in [6, 6.07) is 7.94. The summed E-state index contributed by atoms with van der Waals surface area (Å²) in [6.07, 6.45) is 0.329. The lowest BCUT2D eigenvalue weighted by Crippen LogP contribution is -2.24. The maximum absolute atomic E-state index is 10.6. The molecule has 0 radical (unpaired) electrons. The van der Waals surface area contributed by atoms with E-state index >= 15 is 0 Å². The van der Waals surface area contributed by atoms with Gasteiger partial charge < -0.3 is 15.5 Å². The zero-order valence-electron chi connectivity index (χ0n) is 10.1. The molecule has 0 saturated carbocycles. The number of furan rings is 1. The molecular weight excluding hydrogens is 296 g/mol. The third kappa shape index (κ3) is 3.11. The summed E-state index contributed by atoms with van der Waals surface area (Å²) in [6.45, 7) is 2.55. The van der Waals surface area contributed by atoms with Crippen LogP contribution < -0.4 is 11.1 Å². The number of fused-ring (bicyclic) bond motifs is 1. The molecule has 4 nitrogen and oxygen atoms in total. The third-order valence-corrected chi connectivity index (χ3v) is 3.24. The first-order valence-corrected chi connectivity index (χ1v) is 6.56. The van der Waals surface area contributed by atoms with Crippen LogP contribution in [0.4, 0.5) is 0 Å². The van der Waals surface area contributed by atoms with Crippen molar-refractivity contribution in [3.05, 3.63) is 34.5 Å². The molecular formula is C13H15BrN2O2. The summed E-state index contributed by atoms with van der Waals surface area (Å²) < 4.78 is 6.77. The first-order chi connectivity index (χ1) is 8.56. The van der Waals surface area contributed by atoms with Gasteiger partial charge in [0, 0.05) is 22.8 Å². The molecule has 1 amide bonds. The van der Waals surface area contributed by atoms with Gasteiger partial charge in [0.25, 0.3) is 0 Å². The van der Waals surface area contributed by atoms with Gasteiger partial charge in [0.2, 0.25) is 5.91 Å². The summed E-state index contributed by atoms with van der Waals surface area (Å²) in [5.74, 6) is 0.552. The van der Waals surface area contributed by atoms with Crippen molar-refractivity contribution in [2.24, 2.45) is 5.73 Å². The molecule has 1 heterocycles. The number of hydrogen-bond donors (Lipinski definition) is 2. The molecule has 96 valence electrons. The number of primary amides is 1. The van der Waals surface area contributed by atoms with E-state index in [0.29, 0.717) is 13.0 Å². The molecule has 2 rings (SSSR count). The van der Waals surface area contributed by atoms with Crippen LogP contribution in [0.5, 0.6) is 0 Å². The standard InChI is InChI=1S/C13H15BrN2O2/c1-8(16-5-4-13(15)17)12-7-9-6-10(14)2-3-11(9)18-12/h2-3,6-8,16H,4-5H2,1H3,(H2,15,17). The van der Waals surface area contributed by atoms with Crippen molar-refractivity contribution < 1.29 is 9.21 Å². The van der Waals surface area contributed by atoms with Crippen LogP contribution in [-0.4, -0.2) is 12.5 Å². The van der Waals surface area contributed by atoms with Gasteiger partial charge in [-0.3, -0.25) is 4.79 Å². The number of nitrogens with two attached hydrogens (primary N) is 1. The van der Waals surface area contributed by atoms with Crippen LogP contribution in [0.25, 0.3) is 11.0 Å². The largest absolute Gasteiger partial charge is 0.459 e. The van der Waals surface area contributed by atoms with Crippen molar-refractivity contribution in [3.63, 3.8) is 0 Å². The van der Waals surface area contributed by atoms with Crippen LogP contribution >= 0.6 is 15.9 Å². The Morgan fingerprint density at radius 3 is 3.00 bits per heavy atom. The lowest BCUT2D eigenvalue weighted by atomic mass is 10.2. The summed E-state index contributed by atoms with van der Waals surface area (Å²) in [7, 11) is 0. The van der Waals surface area contributed by atoms with E-state index in [-0.39, 0.29) is 11.9 Å². The van der Waals surface area contributed by atoms with Crippen molar-refractivity contribution >= 4 is 32.8 Å². The molecule has 1 unspecified atom stereocenters. The number of hydrogen-bond acceptors (Lipinski definition) is 3. The average Bonchev–Trinajstić information content (AvgIpc) is 2.71. The lowest BCUT2D eigenvalue weighted by molar-refractivity contribution is -0.117. The number of halogens is 1. The van der Waals surface area contributed by atoms with Crippen LogP contribution in [0.1, 0.15) is 25.1 Å². The molecule has 0 bridgehead atoms. The minimum Gasteiger partial charge on any atom is -0.459 e. The van der Waals surface area contributed by atoms with Gasteiger partial charge in [-0.2, -0.15) is 0 Å². The van der Waals surface area contributed by atoms with Gasteiger partial charge in [0.05, 0.1) is 6.04 Å². The number of rotatable bonds is 5. The predicted octanol–water partition coefficient (Wildman–Crippen LogP) is 2.72. The normalized spacial score (nSPS) is 12.8. The van der Waals surface area contributed by atoms with Crippen LogP contribution in [0.3, 0.4) is 0 Å². The fourth-order valence-electron chi connectivity index (χ4n) is 1.76. The number of carbonyl (C=O) groups excluding carboxylic acids is 1. The molecule has 18 heavy (non-hydrogen) atoms. The van der Waals surface area contributed by atoms with E-state index in [4.69, 9.17) is 10.2 Å². The molecule has 0 fully saturated rings. The summed E-state index contributed by atoms with van der Waals surface area (Å²) >= 11 is 3.43. The highest BCUT2D eigenvalue weighted by molar-refractivity contribution is 9.10. The monoisotopic (exact) mass is 310 g/mol. The second-order valence-electron chi connectivity index (χ2n) is 4.22. The topological polar surface area (TPSA) is 68.3 Å². The lowest BCUT2D eigenvalue weighted by Gasteiger charge is -2.09. The number of benzene rings is 1. The predicted molar refractivity (Wildman–Crippen MR) is 74.1 cm³/mol. The quantitative estimate of drug-likeness (QED) is 0.892. The Morgan fingerprint density at radius 2 is 2.28 bits per heavy atom. The van der Waals surface area contributed by atoms with Crippen molar-refractivity contribution in [2.75, 3.05) is 6.54 Å². The van der Waals surface area contributed by atoms with Gasteiger partial charge in [-0.05, 0) is 31.2 Å². The highest BCUT2D eigenvalue weighted by Gasteiger charge is 2.11. The zero-order valence-corrected chi connectivity index (χ0v) is 11.7. The third-order valence-electron chi connectivity index (χ3n) is 2.75. The van der Waals surface area contributed by atoms with E-state index in [1.807, 2.05) is 31.2 Å². The molecule has 3 N–H and O–H groups in total. The summed E-state index contributed by atoms with van der Waals surface area (Å²) in [5.41, 5.74) is 5.95. The minimum atomic E-state index is -0.303. The molecule has 1 aromatic carbocycles. The molecule has 1 aromatic heterocycles. The molecule has 0 spiro atoms. The van der Waals surface area contributed by atoms with E-state index in [0.717, 1.165) is 21.2 Å². The second-order valence-corrected chi connectivity index (χ2v) is 5.14. The van der Waals surface area contributed by atoms with Crippen molar-refractivity contribution in [2.45, 2.75) is 19.4 Å². The number of carbonyl (C=O) groups is 1. The highest BCUT2D eigenvalue weighted by Crippen LogP contribution is 2.26. The first-order valence-electron chi connectivity index (χ1n) is 5.77. The Hall–Kier alpha value is -1.33. The molecule has 2 aromatic rings. The fraction of sp³-hybridized carbons (Fsp3) is 0.308. The van der Waals surface area contributed by atoms with E-state index in [1.54, 1.807) is 0 Å². The first kappa shape index (κ1) is 13.1. The number of amides is 1. The van der Waals surface area contributed by atoms with Crippen LogP contribution in [0.15, 0.2) is 33.2 Å². The van der Waals surface area contributed by atoms with Crippen molar-refractivity contribution in [3.8, 4) is 0 Å². The molecule has 1 atom stereocenters. The van der Waals surface area contributed by atoms with Crippen molar-refractivity contribution in [1.82, 2.24) is 5.32 Å². The van der Waals surface area contributed by atoms with Gasteiger partial charge in [0.15, 0.2) is 0 Å². The Morgan fingerprint density at radius 1 is 1.50 bits per heavy atom. The highest BCUT2D eigenvalue weighted by atomic mass is 79.9. The zero-order chi connectivity index (χ0) is 13.1. The fourth-order valence-corrected chi connectivity index (χ4v) is 2.14. The summed E-state index contributed by atoms with van der Waals surface area (Å²) in [5, 5.41) is 4.26. The van der Waals surface area contributed by atoms with Gasteiger partial charge in [-0.1, -0.05) is 15.9 Å². The van der Waals surface area contributed by atoms with Gasteiger partial charge in [-0.25, -0.2) is 0 Å². The van der Waals surface area contributed by atoms with E-state index in [2.05, 4.69) is 21.2 Å². The summed E-state index contributed by atoms with van der Waals surface area (Å²) in [4.78, 5) is 10.6. The van der Waals surface area contributed by atoms with Gasteiger partial charge in [-0.15, -0.1) is 0 Å². The van der Waals surface area contributed by atoms with Crippen molar-refractivity contribution in [1.29, 1.82) is 0 Å². The maximum Gasteiger partial charge on any atom is 0.218 e. The molecule has 0 aliphatic heterocycles. The van der Waals surface area contributed by atoms with Gasteiger partial charge >= 0.3 is 0 Å². The average molecular weight is 311 g/mol. The van der Waals surface area contributed by atoms with Gasteiger partial charge in [0.1, 0.15) is 11.3 Å². The minimum absolute atomic E-state index is 0.0514. The van der Waals surface area contributed by atoms with E-state index < -0.39 is 0 Å². The molecule has 0 saturated heterocycles. The Kier molecular flexibility index (Phi) is 4.04. The number of nitrogens with one attached hydrogen (secondary N) is 1. The Bertz CT molecular complexity index is 565. The second kappa shape index (κ2) is 5.54. The molecule has 0 aliphatic rings. The van der Waals surface area contributed by atoms with E-state index in [1.165, 1.54) is 0 Å². The van der Waals surface area contributed by atoms with E-state index in [9.17, 15) is 4.79 Å². The SMILES string of the molecule is CC(NCCC(N)=O)c1cc2cc(Br)ccc2o1. The van der Waals surface area contributed by atoms with Crippen LogP contribution in [0.2, 0.25) is 0 Å².